The molecule has 0 aliphatic carbocycles. The third-order valence-electron chi connectivity index (χ3n) is 5.11. The SMILES string of the molecule is O=c1oc2c3cc(F)ncc3ccc2c2sc(NCCCc3ccc(C(F)(F)F)nc3)nc12. The Morgan fingerprint density at radius 1 is 1.06 bits per heavy atom. The van der Waals surface area contributed by atoms with E-state index in [4.69, 9.17) is 4.42 Å². The summed E-state index contributed by atoms with van der Waals surface area (Å²) in [5.41, 5.74) is -0.402. The number of halogens is 4. The monoisotopic (exact) mass is 474 g/mol. The molecule has 33 heavy (non-hydrogen) atoms. The number of fused-ring (bicyclic) bond motifs is 5. The normalized spacial score (nSPS) is 12.1. The van der Waals surface area contributed by atoms with Crippen LogP contribution in [0, 0.1) is 5.95 Å². The van der Waals surface area contributed by atoms with Crippen molar-refractivity contribution >= 4 is 48.4 Å². The van der Waals surface area contributed by atoms with Crippen LogP contribution in [0.5, 0.6) is 0 Å². The molecular formula is C22H14F4N4O2S. The standard InChI is InChI=1S/C22H14F4N4O2S/c23-16-8-14-12(10-29-16)4-5-13-18(14)32-20(31)17-19(13)33-21(30-17)27-7-1-2-11-3-6-15(28-9-11)22(24,25)26/h3-6,8-10H,1-2,7H2,(H,27,30). The molecule has 0 bridgehead atoms. The Hall–Kier alpha value is -3.60. The van der Waals surface area contributed by atoms with Gasteiger partial charge in [-0.05, 0) is 30.5 Å². The number of alkyl halides is 3. The highest BCUT2D eigenvalue weighted by molar-refractivity contribution is 7.23. The number of benzene rings is 1. The number of nitrogens with one attached hydrogen (secondary N) is 1. The molecule has 0 unspecified atom stereocenters. The molecule has 5 aromatic rings. The molecule has 1 aromatic carbocycles. The van der Waals surface area contributed by atoms with Crippen molar-refractivity contribution in [3.63, 3.8) is 0 Å². The fourth-order valence-electron chi connectivity index (χ4n) is 3.54. The Labute approximate surface area is 186 Å². The van der Waals surface area contributed by atoms with Gasteiger partial charge in [-0.1, -0.05) is 23.5 Å². The fraction of sp³-hybridized carbons (Fsp3) is 0.182. The third-order valence-corrected chi connectivity index (χ3v) is 6.16. The zero-order chi connectivity index (χ0) is 23.2. The first kappa shape index (κ1) is 21.3. The molecule has 5 rings (SSSR count). The predicted octanol–water partition coefficient (Wildman–Crippen LogP) is 5.55. The Morgan fingerprint density at radius 2 is 1.91 bits per heavy atom. The van der Waals surface area contributed by atoms with Crippen molar-refractivity contribution < 1.29 is 22.0 Å². The van der Waals surface area contributed by atoms with Gasteiger partial charge in [0.15, 0.2) is 10.6 Å². The number of hydrogen-bond donors (Lipinski definition) is 1. The van der Waals surface area contributed by atoms with Gasteiger partial charge in [0.25, 0.3) is 0 Å². The molecule has 6 nitrogen and oxygen atoms in total. The molecule has 168 valence electrons. The summed E-state index contributed by atoms with van der Waals surface area (Å²) in [7, 11) is 0. The highest BCUT2D eigenvalue weighted by Crippen LogP contribution is 2.34. The number of pyridine rings is 2. The number of rotatable bonds is 5. The quantitative estimate of drug-likeness (QED) is 0.118. The summed E-state index contributed by atoms with van der Waals surface area (Å²) in [6.07, 6.45) is -0.712. The van der Waals surface area contributed by atoms with Crippen LogP contribution < -0.4 is 10.9 Å². The molecule has 0 saturated carbocycles. The van der Waals surface area contributed by atoms with Crippen LogP contribution in [0.1, 0.15) is 17.7 Å². The first-order chi connectivity index (χ1) is 15.8. The molecule has 0 saturated heterocycles. The average molecular weight is 474 g/mol. The van der Waals surface area contributed by atoms with Gasteiger partial charge in [0.2, 0.25) is 5.95 Å². The minimum atomic E-state index is -4.46. The lowest BCUT2D eigenvalue weighted by Gasteiger charge is -2.06. The number of aryl methyl sites for hydroxylation is 1. The molecule has 0 spiro atoms. The minimum Gasteiger partial charge on any atom is -0.420 e. The van der Waals surface area contributed by atoms with Gasteiger partial charge < -0.3 is 9.73 Å². The summed E-state index contributed by atoms with van der Waals surface area (Å²) >= 11 is 1.28. The van der Waals surface area contributed by atoms with Gasteiger partial charge in [0.1, 0.15) is 11.3 Å². The molecule has 4 aromatic heterocycles. The molecule has 0 fully saturated rings. The molecule has 1 N–H and O–H groups in total. The highest BCUT2D eigenvalue weighted by atomic mass is 32.1. The van der Waals surface area contributed by atoms with Crippen LogP contribution >= 0.6 is 11.3 Å². The van der Waals surface area contributed by atoms with Crippen molar-refractivity contribution in [3.8, 4) is 0 Å². The van der Waals surface area contributed by atoms with Gasteiger partial charge in [-0.25, -0.2) is 14.8 Å². The van der Waals surface area contributed by atoms with Crippen LogP contribution in [0.25, 0.3) is 32.0 Å². The van der Waals surface area contributed by atoms with Crippen molar-refractivity contribution in [3.05, 3.63) is 70.4 Å². The van der Waals surface area contributed by atoms with Crippen molar-refractivity contribution in [2.75, 3.05) is 11.9 Å². The Morgan fingerprint density at radius 3 is 2.67 bits per heavy atom. The van der Waals surface area contributed by atoms with Crippen LogP contribution in [0.4, 0.5) is 22.7 Å². The van der Waals surface area contributed by atoms with E-state index in [1.54, 1.807) is 12.1 Å². The zero-order valence-corrected chi connectivity index (χ0v) is 17.6. The first-order valence-electron chi connectivity index (χ1n) is 9.87. The summed E-state index contributed by atoms with van der Waals surface area (Å²) in [5, 5.41) is 5.38. The topological polar surface area (TPSA) is 80.9 Å². The van der Waals surface area contributed by atoms with Gasteiger partial charge in [-0.2, -0.15) is 17.6 Å². The molecule has 0 aliphatic heterocycles. The van der Waals surface area contributed by atoms with Gasteiger partial charge in [-0.15, -0.1) is 0 Å². The van der Waals surface area contributed by atoms with Crippen LogP contribution in [-0.4, -0.2) is 21.5 Å². The van der Waals surface area contributed by atoms with E-state index in [0.717, 1.165) is 6.07 Å². The van der Waals surface area contributed by atoms with E-state index >= 15 is 0 Å². The Bertz CT molecular complexity index is 1540. The second-order valence-corrected chi connectivity index (χ2v) is 8.34. The highest BCUT2D eigenvalue weighted by Gasteiger charge is 2.31. The molecule has 0 atom stereocenters. The number of anilines is 1. The molecule has 0 aliphatic rings. The maximum Gasteiger partial charge on any atom is 0.433 e. The summed E-state index contributed by atoms with van der Waals surface area (Å²) in [4.78, 5) is 23.9. The van der Waals surface area contributed by atoms with E-state index in [1.165, 1.54) is 35.9 Å². The van der Waals surface area contributed by atoms with Crippen LogP contribution in [0.15, 0.2) is 51.9 Å². The van der Waals surface area contributed by atoms with Crippen molar-refractivity contribution in [1.29, 1.82) is 0 Å². The van der Waals surface area contributed by atoms with Crippen LogP contribution in [0.2, 0.25) is 0 Å². The lowest BCUT2D eigenvalue weighted by Crippen LogP contribution is -2.08. The molecule has 0 radical (unpaired) electrons. The third kappa shape index (κ3) is 4.11. The van der Waals surface area contributed by atoms with E-state index in [1.807, 2.05) is 0 Å². The summed E-state index contributed by atoms with van der Waals surface area (Å²) in [6, 6.07) is 7.15. The smallest absolute Gasteiger partial charge is 0.420 e. The largest absolute Gasteiger partial charge is 0.433 e. The van der Waals surface area contributed by atoms with Crippen LogP contribution in [-0.2, 0) is 12.6 Å². The zero-order valence-electron chi connectivity index (χ0n) is 16.7. The fourth-order valence-corrected chi connectivity index (χ4v) is 4.54. The number of hydrogen-bond acceptors (Lipinski definition) is 7. The predicted molar refractivity (Wildman–Crippen MR) is 117 cm³/mol. The van der Waals surface area contributed by atoms with Gasteiger partial charge in [0.05, 0.1) is 4.70 Å². The van der Waals surface area contributed by atoms with Crippen LogP contribution in [0.3, 0.4) is 0 Å². The Kier molecular flexibility index (Phi) is 5.20. The molecule has 0 amide bonds. The van der Waals surface area contributed by atoms with Crippen molar-refractivity contribution in [1.82, 2.24) is 15.0 Å². The molecule has 11 heteroatoms. The van der Waals surface area contributed by atoms with Crippen molar-refractivity contribution in [2.24, 2.45) is 0 Å². The van der Waals surface area contributed by atoms with E-state index in [2.05, 4.69) is 20.3 Å². The summed E-state index contributed by atoms with van der Waals surface area (Å²) in [5.74, 6) is -0.673. The second-order valence-electron chi connectivity index (χ2n) is 7.34. The maximum atomic E-state index is 13.6. The lowest BCUT2D eigenvalue weighted by molar-refractivity contribution is -0.141. The summed E-state index contributed by atoms with van der Waals surface area (Å²) in [6.45, 7) is 0.490. The first-order valence-corrected chi connectivity index (χ1v) is 10.7. The maximum absolute atomic E-state index is 13.6. The Balaban J connectivity index is 1.35. The van der Waals surface area contributed by atoms with Crippen molar-refractivity contribution in [2.45, 2.75) is 19.0 Å². The van der Waals surface area contributed by atoms with E-state index in [9.17, 15) is 22.4 Å². The number of thiazole rings is 1. The van der Waals surface area contributed by atoms with Gasteiger partial charge >= 0.3 is 11.8 Å². The van der Waals surface area contributed by atoms with E-state index < -0.39 is 23.4 Å². The summed E-state index contributed by atoms with van der Waals surface area (Å²) < 4.78 is 57.5. The molecule has 4 heterocycles. The number of aromatic nitrogens is 3. The second kappa shape index (κ2) is 8.07. The minimum absolute atomic E-state index is 0.177. The number of nitrogens with zero attached hydrogens (tertiary/aromatic N) is 3. The average Bonchev–Trinajstić information content (AvgIpc) is 3.22. The van der Waals surface area contributed by atoms with Gasteiger partial charge in [-0.3, -0.25) is 4.98 Å². The lowest BCUT2D eigenvalue weighted by atomic mass is 10.1. The van der Waals surface area contributed by atoms with Gasteiger partial charge in [0, 0.05) is 41.2 Å². The van der Waals surface area contributed by atoms with E-state index in [0.29, 0.717) is 50.9 Å². The molecular weight excluding hydrogens is 460 g/mol. The van der Waals surface area contributed by atoms with E-state index in [-0.39, 0.29) is 11.1 Å².